The van der Waals surface area contributed by atoms with Crippen LogP contribution in [0.2, 0.25) is 0 Å². The van der Waals surface area contributed by atoms with Gasteiger partial charge in [-0.2, -0.15) is 4.98 Å². The molecule has 114 valence electrons. The normalized spacial score (nSPS) is 25.9. The topological polar surface area (TPSA) is 82.3 Å². The van der Waals surface area contributed by atoms with E-state index in [0.717, 1.165) is 0 Å². The maximum Gasteiger partial charge on any atom is 0.245 e. The van der Waals surface area contributed by atoms with Gasteiger partial charge in [0.15, 0.2) is 11.2 Å². The van der Waals surface area contributed by atoms with Crippen LogP contribution < -0.4 is 4.74 Å². The number of aliphatic hydroxyl groups excluding tert-OH is 1. The number of aliphatic hydroxyl groups is 1. The summed E-state index contributed by atoms with van der Waals surface area (Å²) in [4.78, 5) is 12.5. The molecule has 2 aromatic rings. The molecule has 21 heavy (non-hydrogen) atoms. The van der Waals surface area contributed by atoms with Gasteiger partial charge in [-0.25, -0.2) is 14.4 Å². The SMILES string of the molecule is CC(C)Oc1ncnc2c1ncn2[C@H]1C[C@H](F)[C@@H](CO)O1. The van der Waals surface area contributed by atoms with Crippen molar-refractivity contribution >= 4 is 11.2 Å². The summed E-state index contributed by atoms with van der Waals surface area (Å²) >= 11 is 0. The number of imidazole rings is 1. The van der Waals surface area contributed by atoms with Gasteiger partial charge >= 0.3 is 0 Å². The molecule has 8 heteroatoms. The summed E-state index contributed by atoms with van der Waals surface area (Å²) < 4.78 is 26.4. The molecular formula is C13H17FN4O3. The summed E-state index contributed by atoms with van der Waals surface area (Å²) in [6, 6.07) is 0. The zero-order valence-corrected chi connectivity index (χ0v) is 11.8. The first-order valence-electron chi connectivity index (χ1n) is 6.84. The lowest BCUT2D eigenvalue weighted by atomic mass is 10.2. The zero-order valence-electron chi connectivity index (χ0n) is 11.8. The molecule has 0 aromatic carbocycles. The number of hydrogen-bond donors (Lipinski definition) is 1. The van der Waals surface area contributed by atoms with Crippen LogP contribution in [0.3, 0.4) is 0 Å². The molecule has 0 radical (unpaired) electrons. The first-order valence-corrected chi connectivity index (χ1v) is 6.84. The highest BCUT2D eigenvalue weighted by Gasteiger charge is 2.36. The predicted molar refractivity (Wildman–Crippen MR) is 71.6 cm³/mol. The number of fused-ring (bicyclic) bond motifs is 1. The number of alkyl halides is 1. The molecule has 3 atom stereocenters. The van der Waals surface area contributed by atoms with E-state index in [2.05, 4.69) is 15.0 Å². The lowest BCUT2D eigenvalue weighted by Crippen LogP contribution is -2.21. The molecule has 0 aliphatic carbocycles. The molecule has 0 unspecified atom stereocenters. The highest BCUT2D eigenvalue weighted by Crippen LogP contribution is 2.33. The van der Waals surface area contributed by atoms with Gasteiger partial charge in [0, 0.05) is 6.42 Å². The van der Waals surface area contributed by atoms with E-state index in [9.17, 15) is 4.39 Å². The Morgan fingerprint density at radius 2 is 2.29 bits per heavy atom. The van der Waals surface area contributed by atoms with E-state index in [1.165, 1.54) is 12.7 Å². The lowest BCUT2D eigenvalue weighted by Gasteiger charge is -2.13. The second-order valence-electron chi connectivity index (χ2n) is 5.23. The molecule has 1 fully saturated rings. The van der Waals surface area contributed by atoms with Crippen LogP contribution in [0, 0.1) is 0 Å². The smallest absolute Gasteiger partial charge is 0.245 e. The molecular weight excluding hydrogens is 279 g/mol. The van der Waals surface area contributed by atoms with Gasteiger partial charge in [-0.1, -0.05) is 0 Å². The minimum atomic E-state index is -1.20. The Morgan fingerprint density at radius 1 is 1.48 bits per heavy atom. The fraction of sp³-hybridized carbons (Fsp3) is 0.615. The summed E-state index contributed by atoms with van der Waals surface area (Å²) in [5.74, 6) is 0.391. The number of hydrogen-bond acceptors (Lipinski definition) is 6. The van der Waals surface area contributed by atoms with Crippen LogP contribution in [-0.2, 0) is 4.74 Å². The summed E-state index contributed by atoms with van der Waals surface area (Å²) in [5, 5.41) is 9.07. The van der Waals surface area contributed by atoms with E-state index in [0.29, 0.717) is 17.0 Å². The Kier molecular flexibility index (Phi) is 3.73. The van der Waals surface area contributed by atoms with Crippen molar-refractivity contribution in [3.63, 3.8) is 0 Å². The Balaban J connectivity index is 1.94. The van der Waals surface area contributed by atoms with E-state index in [-0.39, 0.29) is 19.1 Å². The van der Waals surface area contributed by atoms with Gasteiger partial charge < -0.3 is 14.6 Å². The molecule has 7 nitrogen and oxygen atoms in total. The van der Waals surface area contributed by atoms with Gasteiger partial charge in [0.25, 0.3) is 0 Å². The Morgan fingerprint density at radius 3 is 2.95 bits per heavy atom. The van der Waals surface area contributed by atoms with Gasteiger partial charge in [0.05, 0.1) is 19.0 Å². The third-order valence-electron chi connectivity index (χ3n) is 3.32. The van der Waals surface area contributed by atoms with Crippen molar-refractivity contribution < 1.29 is 19.0 Å². The molecule has 3 heterocycles. The first kappa shape index (κ1) is 14.2. The van der Waals surface area contributed by atoms with Gasteiger partial charge in [0.1, 0.15) is 24.8 Å². The highest BCUT2D eigenvalue weighted by atomic mass is 19.1. The van der Waals surface area contributed by atoms with Crippen molar-refractivity contribution in [2.45, 2.75) is 44.9 Å². The fourth-order valence-corrected chi connectivity index (χ4v) is 2.37. The van der Waals surface area contributed by atoms with Crippen LogP contribution in [0.5, 0.6) is 5.88 Å². The summed E-state index contributed by atoms with van der Waals surface area (Å²) in [5.41, 5.74) is 1.04. The Hall–Kier alpha value is -1.80. The lowest BCUT2D eigenvalue weighted by molar-refractivity contribution is -0.0323. The molecule has 1 aliphatic heterocycles. The number of ether oxygens (including phenoxy) is 2. The number of aromatic nitrogens is 4. The first-order chi connectivity index (χ1) is 10.1. The maximum atomic E-state index is 13.7. The molecule has 0 bridgehead atoms. The van der Waals surface area contributed by atoms with Crippen molar-refractivity contribution in [3.05, 3.63) is 12.7 Å². The molecule has 3 rings (SSSR count). The molecule has 1 aliphatic rings. The van der Waals surface area contributed by atoms with Crippen molar-refractivity contribution in [2.75, 3.05) is 6.61 Å². The van der Waals surface area contributed by atoms with Crippen molar-refractivity contribution in [1.82, 2.24) is 19.5 Å². The maximum absolute atomic E-state index is 13.7. The van der Waals surface area contributed by atoms with Crippen molar-refractivity contribution in [1.29, 1.82) is 0 Å². The van der Waals surface area contributed by atoms with Gasteiger partial charge in [0.2, 0.25) is 5.88 Å². The number of halogens is 1. The number of rotatable bonds is 4. The molecule has 0 spiro atoms. The van der Waals surface area contributed by atoms with Crippen LogP contribution >= 0.6 is 0 Å². The molecule has 0 saturated carbocycles. The molecule has 1 saturated heterocycles. The van der Waals surface area contributed by atoms with Crippen molar-refractivity contribution in [3.8, 4) is 5.88 Å². The molecule has 2 aromatic heterocycles. The summed E-state index contributed by atoms with van der Waals surface area (Å²) in [6.07, 6.45) is 0.481. The number of nitrogens with zero attached hydrogens (tertiary/aromatic N) is 4. The fourth-order valence-electron chi connectivity index (χ4n) is 2.37. The quantitative estimate of drug-likeness (QED) is 0.914. The third kappa shape index (κ3) is 2.56. The van der Waals surface area contributed by atoms with E-state index >= 15 is 0 Å². The van der Waals surface area contributed by atoms with E-state index in [1.807, 2.05) is 13.8 Å². The minimum absolute atomic E-state index is 0.0371. The zero-order chi connectivity index (χ0) is 15.0. The molecule has 1 N–H and O–H groups in total. The second kappa shape index (κ2) is 5.53. The average molecular weight is 296 g/mol. The summed E-state index contributed by atoms with van der Waals surface area (Å²) in [7, 11) is 0. The average Bonchev–Trinajstić information content (AvgIpc) is 3.02. The summed E-state index contributed by atoms with van der Waals surface area (Å²) in [6.45, 7) is 3.44. The molecule has 0 amide bonds. The van der Waals surface area contributed by atoms with Crippen LogP contribution in [-0.4, -0.2) is 49.6 Å². The third-order valence-corrected chi connectivity index (χ3v) is 3.32. The van der Waals surface area contributed by atoms with E-state index in [4.69, 9.17) is 14.6 Å². The second-order valence-corrected chi connectivity index (χ2v) is 5.23. The Labute approximate surface area is 120 Å². The largest absolute Gasteiger partial charge is 0.473 e. The van der Waals surface area contributed by atoms with Gasteiger partial charge in [-0.05, 0) is 13.8 Å². The van der Waals surface area contributed by atoms with E-state index < -0.39 is 18.5 Å². The van der Waals surface area contributed by atoms with E-state index in [1.54, 1.807) is 4.57 Å². The minimum Gasteiger partial charge on any atom is -0.473 e. The Bertz CT molecular complexity index is 633. The van der Waals surface area contributed by atoms with Crippen molar-refractivity contribution in [2.24, 2.45) is 0 Å². The predicted octanol–water partition coefficient (Wildman–Crippen LogP) is 1.23. The van der Waals surface area contributed by atoms with Crippen LogP contribution in [0.15, 0.2) is 12.7 Å². The monoisotopic (exact) mass is 296 g/mol. The standard InChI is InChI=1S/C13H17FN4O3/c1-7(2)20-13-11-12(15-5-16-13)18(6-17-11)10-3-8(14)9(4-19)21-10/h5-10,19H,3-4H2,1-2H3/t8-,9+,10+/m0/s1. The van der Waals surface area contributed by atoms with Crippen LogP contribution in [0.1, 0.15) is 26.5 Å². The van der Waals surface area contributed by atoms with Crippen LogP contribution in [0.4, 0.5) is 4.39 Å². The highest BCUT2D eigenvalue weighted by molar-refractivity contribution is 5.76. The van der Waals surface area contributed by atoms with Gasteiger partial charge in [-0.15, -0.1) is 0 Å². The van der Waals surface area contributed by atoms with Crippen LogP contribution in [0.25, 0.3) is 11.2 Å². The van der Waals surface area contributed by atoms with Gasteiger partial charge in [-0.3, -0.25) is 4.57 Å².